The molecule has 10 heteroatoms. The Hall–Kier alpha value is -3.95. The molecule has 0 atom stereocenters. The fraction of sp³-hybridized carbons (Fsp3) is 0.625. The highest BCUT2D eigenvalue weighted by Crippen LogP contribution is 2.48. The Kier molecular flexibility index (Phi) is 10.4. The van der Waals surface area contributed by atoms with Gasteiger partial charge in [0.2, 0.25) is 5.91 Å². The Balaban J connectivity index is 0.000000302. The third-order valence-electron chi connectivity index (χ3n) is 11.9. The first-order chi connectivity index (χ1) is 24.3. The zero-order chi connectivity index (χ0) is 34.7. The quantitative estimate of drug-likeness (QED) is 0.233. The van der Waals surface area contributed by atoms with E-state index in [4.69, 9.17) is 24.1 Å². The molecule has 0 N–H and O–H groups in total. The standard InChI is InChI=1S/C32H40N4O3.C8H13NO2/c1-21-29(38-2)15-14-27(34-21)23-10-8-22(9-11-23)19-36(32(37)25-6-4-3-5-7-25)30-18-26(16-17-33-30)28-20-39-31(35-28)24-12-13-24;1-11-7(10)9-5-8(6-9)3-2-4-8/h14-18,20,22-25H,3-13,19H2,1-2H3;2-6H2,1H3. The Labute approximate surface area is 296 Å². The van der Waals surface area contributed by atoms with E-state index in [-0.39, 0.29) is 17.9 Å². The number of carbonyl (C=O) groups excluding carboxylic acids is 2. The maximum absolute atomic E-state index is 13.9. The fourth-order valence-electron chi connectivity index (χ4n) is 8.45. The van der Waals surface area contributed by atoms with Gasteiger partial charge in [-0.2, -0.15) is 0 Å². The maximum atomic E-state index is 13.9. The molecule has 3 aromatic heterocycles. The molecular weight excluding hydrogens is 630 g/mol. The molecule has 1 saturated heterocycles. The number of aromatic nitrogens is 3. The number of pyridine rings is 2. The second kappa shape index (κ2) is 15.1. The number of rotatable bonds is 8. The van der Waals surface area contributed by atoms with E-state index >= 15 is 0 Å². The van der Waals surface area contributed by atoms with E-state index in [2.05, 4.69) is 10.8 Å². The molecular formula is C40H53N5O5. The van der Waals surface area contributed by atoms with Crippen LogP contribution < -0.4 is 9.64 Å². The summed E-state index contributed by atoms with van der Waals surface area (Å²) in [4.78, 5) is 42.9. The van der Waals surface area contributed by atoms with E-state index in [1.165, 1.54) is 32.8 Å². The number of hydrogen-bond acceptors (Lipinski definition) is 8. The van der Waals surface area contributed by atoms with Gasteiger partial charge in [-0.1, -0.05) is 25.7 Å². The van der Waals surface area contributed by atoms with E-state index in [9.17, 15) is 9.59 Å². The van der Waals surface area contributed by atoms with Gasteiger partial charge in [0.25, 0.3) is 0 Å². The predicted octanol–water partition coefficient (Wildman–Crippen LogP) is 8.45. The maximum Gasteiger partial charge on any atom is 0.409 e. The molecule has 50 heavy (non-hydrogen) atoms. The topological polar surface area (TPSA) is 111 Å². The van der Waals surface area contributed by atoms with Crippen LogP contribution in [-0.4, -0.2) is 65.7 Å². The van der Waals surface area contributed by atoms with E-state index in [1.807, 2.05) is 36.2 Å². The number of anilines is 1. The second-order valence-corrected chi connectivity index (χ2v) is 15.5. The second-order valence-electron chi connectivity index (χ2n) is 15.5. The number of oxazole rings is 1. The number of hydrogen-bond donors (Lipinski definition) is 0. The Morgan fingerprint density at radius 3 is 2.30 bits per heavy atom. The minimum Gasteiger partial charge on any atom is -0.495 e. The molecule has 0 radical (unpaired) electrons. The lowest BCUT2D eigenvalue weighted by Gasteiger charge is -2.55. The SMILES string of the molecule is COC(=O)N1CC2(CCC2)C1.COc1ccc(C2CCC(CN(C(=O)C3CCCCC3)c3cc(-c4coc(C5CC5)n4)ccn3)CC2)nc1C. The van der Waals surface area contributed by atoms with Crippen LogP contribution in [0.15, 0.2) is 41.1 Å². The van der Waals surface area contributed by atoms with Gasteiger partial charge in [-0.3, -0.25) is 14.7 Å². The number of amides is 2. The summed E-state index contributed by atoms with van der Waals surface area (Å²) < 4.78 is 15.8. The van der Waals surface area contributed by atoms with Gasteiger partial charge in [-0.25, -0.2) is 14.8 Å². The van der Waals surface area contributed by atoms with Crippen LogP contribution in [0.3, 0.4) is 0 Å². The molecule has 8 rings (SSSR count). The monoisotopic (exact) mass is 683 g/mol. The van der Waals surface area contributed by atoms with Crippen molar-refractivity contribution in [2.24, 2.45) is 17.3 Å². The summed E-state index contributed by atoms with van der Waals surface area (Å²) in [6, 6.07) is 8.15. The molecule has 5 fully saturated rings. The van der Waals surface area contributed by atoms with Gasteiger partial charge >= 0.3 is 6.09 Å². The third-order valence-corrected chi connectivity index (χ3v) is 11.9. The van der Waals surface area contributed by atoms with Gasteiger partial charge in [0.15, 0.2) is 5.89 Å². The van der Waals surface area contributed by atoms with Gasteiger partial charge < -0.3 is 18.8 Å². The van der Waals surface area contributed by atoms with Crippen molar-refractivity contribution in [3.63, 3.8) is 0 Å². The summed E-state index contributed by atoms with van der Waals surface area (Å²) in [5.41, 5.74) is 4.42. The van der Waals surface area contributed by atoms with Crippen LogP contribution in [-0.2, 0) is 9.53 Å². The number of ether oxygens (including phenoxy) is 2. The first kappa shape index (κ1) is 34.5. The summed E-state index contributed by atoms with van der Waals surface area (Å²) in [7, 11) is 3.13. The molecule has 0 aromatic carbocycles. The fourth-order valence-corrected chi connectivity index (χ4v) is 8.45. The normalized spacial score (nSPS) is 22.8. The van der Waals surface area contributed by atoms with Crippen molar-refractivity contribution < 1.29 is 23.5 Å². The average Bonchev–Trinajstić information content (AvgIpc) is 3.85. The first-order valence-electron chi connectivity index (χ1n) is 18.9. The van der Waals surface area contributed by atoms with E-state index in [1.54, 1.807) is 18.3 Å². The van der Waals surface area contributed by atoms with Gasteiger partial charge in [0.1, 0.15) is 23.5 Å². The molecule has 4 heterocycles. The number of aryl methyl sites for hydroxylation is 1. The molecule has 0 unspecified atom stereocenters. The number of methoxy groups -OCH3 is 2. The number of nitrogens with zero attached hydrogens (tertiary/aromatic N) is 5. The first-order valence-corrected chi connectivity index (χ1v) is 18.9. The smallest absolute Gasteiger partial charge is 0.409 e. The van der Waals surface area contributed by atoms with E-state index < -0.39 is 0 Å². The highest BCUT2D eigenvalue weighted by Gasteiger charge is 2.49. The summed E-state index contributed by atoms with van der Waals surface area (Å²) in [6.45, 7) is 4.59. The molecule has 0 bridgehead atoms. The lowest BCUT2D eigenvalue weighted by atomic mass is 9.64. The number of likely N-dealkylation sites (tertiary alicyclic amines) is 1. The largest absolute Gasteiger partial charge is 0.495 e. The lowest BCUT2D eigenvalue weighted by Crippen LogP contribution is -2.61. The number of carbonyl (C=O) groups is 2. The van der Waals surface area contributed by atoms with E-state index in [0.717, 1.165) is 124 Å². The molecule has 5 aliphatic rings. The molecule has 1 aliphatic heterocycles. The van der Waals surface area contributed by atoms with Crippen LogP contribution in [0.1, 0.15) is 119 Å². The molecule has 2 amide bonds. The molecule has 3 aromatic rings. The van der Waals surface area contributed by atoms with Crippen molar-refractivity contribution in [2.45, 2.75) is 109 Å². The van der Waals surface area contributed by atoms with Crippen LogP contribution >= 0.6 is 0 Å². The van der Waals surface area contributed by atoms with Crippen molar-refractivity contribution in [1.29, 1.82) is 0 Å². The molecule has 4 aliphatic carbocycles. The molecule has 268 valence electrons. The van der Waals surface area contributed by atoms with E-state index in [0.29, 0.717) is 23.2 Å². The summed E-state index contributed by atoms with van der Waals surface area (Å²) in [6.07, 6.45) is 19.5. The zero-order valence-corrected chi connectivity index (χ0v) is 30.1. The molecule has 4 saturated carbocycles. The van der Waals surface area contributed by atoms with Crippen molar-refractivity contribution in [2.75, 3.05) is 38.8 Å². The Morgan fingerprint density at radius 1 is 0.920 bits per heavy atom. The highest BCUT2D eigenvalue weighted by atomic mass is 16.5. The summed E-state index contributed by atoms with van der Waals surface area (Å²) in [5.74, 6) is 4.14. The van der Waals surface area contributed by atoms with Gasteiger partial charge in [-0.15, -0.1) is 0 Å². The van der Waals surface area contributed by atoms with Crippen molar-refractivity contribution in [3.05, 3.63) is 54.0 Å². The van der Waals surface area contributed by atoms with Gasteiger partial charge in [0.05, 0.1) is 19.9 Å². The molecule has 10 nitrogen and oxygen atoms in total. The predicted molar refractivity (Wildman–Crippen MR) is 191 cm³/mol. The van der Waals surface area contributed by atoms with Crippen molar-refractivity contribution in [1.82, 2.24) is 19.9 Å². The lowest BCUT2D eigenvalue weighted by molar-refractivity contribution is -0.123. The van der Waals surface area contributed by atoms with Crippen LogP contribution in [0.5, 0.6) is 5.75 Å². The van der Waals surface area contributed by atoms with Gasteiger partial charge in [0, 0.05) is 60.3 Å². The van der Waals surface area contributed by atoms with Crippen molar-refractivity contribution in [3.8, 4) is 17.0 Å². The van der Waals surface area contributed by atoms with Crippen molar-refractivity contribution >= 4 is 17.8 Å². The zero-order valence-electron chi connectivity index (χ0n) is 30.1. The van der Waals surface area contributed by atoms with Crippen LogP contribution in [0.4, 0.5) is 10.6 Å². The third kappa shape index (κ3) is 7.69. The van der Waals surface area contributed by atoms with Crippen LogP contribution in [0, 0.1) is 24.2 Å². The minimum absolute atomic E-state index is 0.0977. The molecule has 1 spiro atoms. The minimum atomic E-state index is -0.164. The van der Waals surface area contributed by atoms with Crippen LogP contribution in [0.2, 0.25) is 0 Å². The average molecular weight is 684 g/mol. The van der Waals surface area contributed by atoms with Crippen LogP contribution in [0.25, 0.3) is 11.3 Å². The summed E-state index contributed by atoms with van der Waals surface area (Å²) in [5, 5.41) is 0. The Bertz CT molecular complexity index is 1630. The highest BCUT2D eigenvalue weighted by molar-refractivity contribution is 5.94. The Morgan fingerprint density at radius 2 is 1.66 bits per heavy atom. The summed E-state index contributed by atoms with van der Waals surface area (Å²) >= 11 is 0. The van der Waals surface area contributed by atoms with Gasteiger partial charge in [-0.05, 0) is 101 Å².